The number of aromatic nitrogens is 1. The number of fused-ring (bicyclic) bond motifs is 9. The van der Waals surface area contributed by atoms with Crippen LogP contribution in [-0.4, -0.2) is 4.57 Å². The van der Waals surface area contributed by atoms with Crippen LogP contribution in [0.4, 0.5) is 17.1 Å². The van der Waals surface area contributed by atoms with Crippen LogP contribution in [0, 0.1) is 0 Å². The van der Waals surface area contributed by atoms with E-state index in [0.29, 0.717) is 5.92 Å². The van der Waals surface area contributed by atoms with E-state index in [1.807, 2.05) is 0 Å². The molecule has 0 bridgehead atoms. The first kappa shape index (κ1) is 29.6. The molecule has 1 fully saturated rings. The van der Waals surface area contributed by atoms with Gasteiger partial charge in [0, 0.05) is 33.5 Å². The van der Waals surface area contributed by atoms with E-state index in [1.54, 1.807) is 0 Å². The maximum atomic E-state index is 2.49. The Kier molecular flexibility index (Phi) is 6.67. The molecule has 2 aliphatic carbocycles. The van der Waals surface area contributed by atoms with Gasteiger partial charge in [-0.2, -0.15) is 0 Å². The summed E-state index contributed by atoms with van der Waals surface area (Å²) >= 11 is 0. The molecule has 0 radical (unpaired) electrons. The number of hydrogen-bond donors (Lipinski definition) is 0. The molecule has 0 saturated heterocycles. The van der Waals surface area contributed by atoms with Gasteiger partial charge >= 0.3 is 0 Å². The highest BCUT2D eigenvalue weighted by Crippen LogP contribution is 2.51. The summed E-state index contributed by atoms with van der Waals surface area (Å²) < 4.78 is 2.41. The maximum absolute atomic E-state index is 2.49. The second-order valence-corrected chi connectivity index (χ2v) is 14.8. The summed E-state index contributed by atoms with van der Waals surface area (Å²) in [6, 6.07) is 61.2. The van der Waals surface area contributed by atoms with Crippen molar-refractivity contribution in [1.29, 1.82) is 0 Å². The van der Waals surface area contributed by atoms with Crippen molar-refractivity contribution in [2.75, 3.05) is 4.90 Å². The van der Waals surface area contributed by atoms with Gasteiger partial charge in [-0.05, 0) is 147 Å². The maximum Gasteiger partial charge on any atom is 0.0541 e. The summed E-state index contributed by atoms with van der Waals surface area (Å²) in [5.41, 5.74) is 14.3. The van der Waals surface area contributed by atoms with Crippen molar-refractivity contribution in [2.24, 2.45) is 0 Å². The number of benzene rings is 8. The Bertz CT molecular complexity index is 2780. The van der Waals surface area contributed by atoms with Crippen LogP contribution in [0.3, 0.4) is 0 Å². The van der Waals surface area contributed by atoms with E-state index < -0.39 is 0 Å². The molecule has 0 unspecified atom stereocenters. The number of para-hydroxylation sites is 4. The molecule has 8 aromatic carbocycles. The second-order valence-electron chi connectivity index (χ2n) is 14.8. The lowest BCUT2D eigenvalue weighted by atomic mass is 9.78. The summed E-state index contributed by atoms with van der Waals surface area (Å²) in [5, 5.41) is 7.69. The molecule has 1 aromatic heterocycles. The van der Waals surface area contributed by atoms with E-state index in [-0.39, 0.29) is 0 Å². The molecule has 1 saturated carbocycles. The number of nitrogens with zero attached hydrogens (tertiary/aromatic N) is 2. The zero-order chi connectivity index (χ0) is 34.2. The Morgan fingerprint density at radius 1 is 0.423 bits per heavy atom. The van der Waals surface area contributed by atoms with Crippen LogP contribution in [0.1, 0.15) is 43.6 Å². The molecule has 52 heavy (non-hydrogen) atoms. The Hall–Kier alpha value is -6.12. The first-order valence-corrected chi connectivity index (χ1v) is 18.9. The molecule has 0 spiro atoms. The fourth-order valence-electron chi connectivity index (χ4n) is 9.33. The standard InChI is InChI=1S/C50H38N2/c1-3-13-33(14-4-1)41-17-7-10-20-48(41)51(38-15-5-2-6-16-38)39-25-23-34-29-44-45-30-35-24-26-40(28-37(35)32-47(45)46(44)31-36(34)27-39)52-49-21-11-8-18-42(49)43-19-9-12-22-50(43)52/h2,5-12,15-33H,1,3-4,13-14H2. The lowest BCUT2D eigenvalue weighted by molar-refractivity contribution is 0.444. The quantitative estimate of drug-likeness (QED) is 0.177. The molecule has 9 aromatic rings. The van der Waals surface area contributed by atoms with E-state index in [2.05, 4.69) is 173 Å². The van der Waals surface area contributed by atoms with Gasteiger partial charge in [0.1, 0.15) is 0 Å². The van der Waals surface area contributed by atoms with Crippen molar-refractivity contribution in [1.82, 2.24) is 4.57 Å². The third-order valence-electron chi connectivity index (χ3n) is 11.8. The molecule has 248 valence electrons. The van der Waals surface area contributed by atoms with Crippen molar-refractivity contribution < 1.29 is 0 Å². The Morgan fingerprint density at radius 2 is 0.981 bits per heavy atom. The molecule has 2 aliphatic rings. The largest absolute Gasteiger partial charge is 0.310 e. The van der Waals surface area contributed by atoms with Gasteiger partial charge in [-0.3, -0.25) is 0 Å². The second kappa shape index (κ2) is 11.7. The molecule has 2 heteroatoms. The minimum atomic E-state index is 0.609. The first-order valence-electron chi connectivity index (χ1n) is 18.9. The average Bonchev–Trinajstić information content (AvgIpc) is 3.55. The Labute approximate surface area is 304 Å². The Balaban J connectivity index is 1.02. The topological polar surface area (TPSA) is 8.17 Å². The van der Waals surface area contributed by atoms with Crippen LogP contribution < -0.4 is 4.90 Å². The highest BCUT2D eigenvalue weighted by Gasteiger charge is 2.26. The van der Waals surface area contributed by atoms with Crippen LogP contribution >= 0.6 is 0 Å². The first-order chi connectivity index (χ1) is 25.8. The third kappa shape index (κ3) is 4.57. The molecule has 2 nitrogen and oxygen atoms in total. The molecule has 1 heterocycles. The van der Waals surface area contributed by atoms with Crippen molar-refractivity contribution >= 4 is 60.4 Å². The monoisotopic (exact) mass is 666 g/mol. The average molecular weight is 667 g/mol. The summed E-state index contributed by atoms with van der Waals surface area (Å²) in [6.07, 6.45) is 6.56. The number of rotatable bonds is 5. The van der Waals surface area contributed by atoms with Gasteiger partial charge in [0.25, 0.3) is 0 Å². The zero-order valence-corrected chi connectivity index (χ0v) is 29.1. The van der Waals surface area contributed by atoms with Crippen LogP contribution in [0.25, 0.3) is 71.3 Å². The Morgan fingerprint density at radius 3 is 1.67 bits per heavy atom. The van der Waals surface area contributed by atoms with Crippen LogP contribution in [0.2, 0.25) is 0 Å². The minimum absolute atomic E-state index is 0.609. The summed E-state index contributed by atoms with van der Waals surface area (Å²) in [4.78, 5) is 2.49. The fourth-order valence-corrected chi connectivity index (χ4v) is 9.33. The number of hydrogen-bond acceptors (Lipinski definition) is 1. The van der Waals surface area contributed by atoms with E-state index in [9.17, 15) is 0 Å². The van der Waals surface area contributed by atoms with Crippen molar-refractivity contribution in [2.45, 2.75) is 38.0 Å². The predicted molar refractivity (Wildman–Crippen MR) is 221 cm³/mol. The van der Waals surface area contributed by atoms with Crippen molar-refractivity contribution in [3.05, 3.63) is 169 Å². The van der Waals surface area contributed by atoms with E-state index in [1.165, 1.54) is 126 Å². The van der Waals surface area contributed by atoms with Crippen LogP contribution in [0.5, 0.6) is 0 Å². The normalized spacial score (nSPS) is 14.1. The van der Waals surface area contributed by atoms with Gasteiger partial charge < -0.3 is 9.47 Å². The third-order valence-corrected chi connectivity index (χ3v) is 11.8. The van der Waals surface area contributed by atoms with Gasteiger partial charge in [-0.1, -0.05) is 104 Å². The fraction of sp³-hybridized carbons (Fsp3) is 0.120. The minimum Gasteiger partial charge on any atom is -0.310 e. The lowest BCUT2D eigenvalue weighted by Gasteiger charge is -2.32. The van der Waals surface area contributed by atoms with Crippen LogP contribution in [-0.2, 0) is 0 Å². The van der Waals surface area contributed by atoms with E-state index in [0.717, 1.165) is 0 Å². The highest BCUT2D eigenvalue weighted by molar-refractivity contribution is 6.13. The van der Waals surface area contributed by atoms with Crippen molar-refractivity contribution in [3.8, 4) is 27.9 Å². The van der Waals surface area contributed by atoms with Gasteiger partial charge in [0.15, 0.2) is 0 Å². The molecule has 0 N–H and O–H groups in total. The zero-order valence-electron chi connectivity index (χ0n) is 29.1. The molecule has 11 rings (SSSR count). The van der Waals surface area contributed by atoms with E-state index >= 15 is 0 Å². The van der Waals surface area contributed by atoms with E-state index in [4.69, 9.17) is 0 Å². The number of anilines is 3. The smallest absolute Gasteiger partial charge is 0.0541 e. The van der Waals surface area contributed by atoms with Gasteiger partial charge in [-0.25, -0.2) is 0 Å². The summed E-state index contributed by atoms with van der Waals surface area (Å²) in [5.74, 6) is 0.609. The predicted octanol–water partition coefficient (Wildman–Crippen LogP) is 14.3. The van der Waals surface area contributed by atoms with Gasteiger partial charge in [0.05, 0.1) is 11.0 Å². The summed E-state index contributed by atoms with van der Waals surface area (Å²) in [6.45, 7) is 0. The molecular formula is C50H38N2. The lowest BCUT2D eigenvalue weighted by Crippen LogP contribution is -2.15. The highest BCUT2D eigenvalue weighted by atomic mass is 15.1. The van der Waals surface area contributed by atoms with Gasteiger partial charge in [0.2, 0.25) is 0 Å². The molecule has 0 amide bonds. The molecular weight excluding hydrogens is 629 g/mol. The van der Waals surface area contributed by atoms with Crippen LogP contribution in [0.15, 0.2) is 164 Å². The summed E-state index contributed by atoms with van der Waals surface area (Å²) in [7, 11) is 0. The van der Waals surface area contributed by atoms with Gasteiger partial charge in [-0.15, -0.1) is 0 Å². The SMILES string of the molecule is c1ccc(N(c2ccc3cc4c(cc3c2)-c2cc3cc(-n5c6ccccc6c6ccccc65)ccc3cc2-4)c2ccccc2C2CCCCC2)cc1. The molecule has 0 atom stereocenters. The van der Waals surface area contributed by atoms with Crippen molar-refractivity contribution in [3.63, 3.8) is 0 Å². The molecule has 0 aliphatic heterocycles.